The molecule has 4 aromatic heterocycles. The Morgan fingerprint density at radius 2 is 1.59 bits per heavy atom. The van der Waals surface area contributed by atoms with E-state index in [1.807, 2.05) is 35.0 Å². The molecule has 0 aliphatic heterocycles. The third kappa shape index (κ3) is 2.21. The molecule has 0 amide bonds. The molecule has 0 unspecified atom stereocenters. The maximum Gasteiger partial charge on any atom is 0.325 e. The van der Waals surface area contributed by atoms with E-state index < -0.39 is 0 Å². The first-order valence-corrected chi connectivity index (χ1v) is 8.51. The molecule has 0 aliphatic carbocycles. The van der Waals surface area contributed by atoms with Crippen LogP contribution in [0, 0.1) is 4.64 Å². The summed E-state index contributed by atoms with van der Waals surface area (Å²) in [5.74, 6) is 0. The quantitative estimate of drug-likeness (QED) is 0.542. The van der Waals surface area contributed by atoms with E-state index in [4.69, 9.17) is 12.2 Å². The van der Waals surface area contributed by atoms with Gasteiger partial charge in [-0.3, -0.25) is 9.97 Å². The molecule has 0 aromatic carbocycles. The fourth-order valence-corrected chi connectivity index (χ4v) is 3.82. The normalized spacial score (nSPS) is 11.1. The number of rotatable bonds is 2. The number of hydrogen-bond donors (Lipinski definition) is 2. The molecule has 5 nitrogen and oxygen atoms in total. The molecule has 22 heavy (non-hydrogen) atoms. The minimum Gasteiger partial charge on any atom is -0.296 e. The van der Waals surface area contributed by atoms with Gasteiger partial charge in [0.1, 0.15) is 21.5 Å². The van der Waals surface area contributed by atoms with Crippen molar-refractivity contribution < 1.29 is 0 Å². The van der Waals surface area contributed by atoms with Crippen molar-refractivity contribution in [2.45, 2.75) is 0 Å². The van der Waals surface area contributed by atoms with Crippen LogP contribution in [0.25, 0.3) is 32.3 Å². The summed E-state index contributed by atoms with van der Waals surface area (Å²) in [6.45, 7) is 0. The van der Waals surface area contributed by atoms with E-state index >= 15 is 0 Å². The number of H-pyrrole nitrogens is 2. The number of nitrogens with one attached hydrogen (secondary N) is 2. The second-order valence-corrected chi connectivity index (χ2v) is 6.78. The molecule has 0 saturated carbocycles. The zero-order chi connectivity index (χ0) is 15.1. The molecule has 0 atom stereocenters. The second kappa shape index (κ2) is 5.24. The SMILES string of the molecule is O=c1[nH]c(=S)c2nc(-c3cccs3)c(-c3cccs3)nc2[nH]1. The topological polar surface area (TPSA) is 74.4 Å². The highest BCUT2D eigenvalue weighted by molar-refractivity contribution is 7.71. The molecule has 108 valence electrons. The third-order valence-electron chi connectivity index (χ3n) is 3.08. The van der Waals surface area contributed by atoms with Gasteiger partial charge in [-0.15, -0.1) is 22.7 Å². The first-order valence-electron chi connectivity index (χ1n) is 6.34. The van der Waals surface area contributed by atoms with Crippen LogP contribution >= 0.6 is 34.9 Å². The molecule has 2 N–H and O–H groups in total. The lowest BCUT2D eigenvalue weighted by molar-refractivity contribution is 1.07. The van der Waals surface area contributed by atoms with Gasteiger partial charge in [0.15, 0.2) is 5.65 Å². The molecule has 0 saturated heterocycles. The molecule has 4 rings (SSSR count). The van der Waals surface area contributed by atoms with E-state index in [2.05, 4.69) is 19.9 Å². The minimum atomic E-state index is -0.382. The van der Waals surface area contributed by atoms with Gasteiger partial charge in [-0.2, -0.15) is 0 Å². The van der Waals surface area contributed by atoms with Gasteiger partial charge in [-0.05, 0) is 22.9 Å². The van der Waals surface area contributed by atoms with E-state index in [9.17, 15) is 4.79 Å². The van der Waals surface area contributed by atoms with Crippen LogP contribution in [0.15, 0.2) is 39.8 Å². The van der Waals surface area contributed by atoms with Crippen LogP contribution < -0.4 is 5.69 Å². The predicted molar refractivity (Wildman–Crippen MR) is 92.0 cm³/mol. The van der Waals surface area contributed by atoms with E-state index in [1.54, 1.807) is 22.7 Å². The summed E-state index contributed by atoms with van der Waals surface area (Å²) in [6, 6.07) is 7.91. The summed E-state index contributed by atoms with van der Waals surface area (Å²) >= 11 is 8.37. The van der Waals surface area contributed by atoms with Crippen LogP contribution in [0.1, 0.15) is 0 Å². The van der Waals surface area contributed by atoms with Crippen LogP contribution in [-0.4, -0.2) is 19.9 Å². The van der Waals surface area contributed by atoms with Gasteiger partial charge in [-0.25, -0.2) is 14.8 Å². The van der Waals surface area contributed by atoms with Crippen molar-refractivity contribution in [3.05, 3.63) is 50.2 Å². The fourth-order valence-electron chi connectivity index (χ4n) is 2.15. The lowest BCUT2D eigenvalue weighted by Gasteiger charge is -2.06. The Hall–Kier alpha value is -2.16. The van der Waals surface area contributed by atoms with Crippen molar-refractivity contribution in [1.82, 2.24) is 19.9 Å². The second-order valence-electron chi connectivity index (χ2n) is 4.48. The molecular formula is C14H8N4OS3. The van der Waals surface area contributed by atoms with Crippen LogP contribution in [0.2, 0.25) is 0 Å². The number of nitrogens with zero attached hydrogens (tertiary/aromatic N) is 2. The molecule has 4 heterocycles. The smallest absolute Gasteiger partial charge is 0.296 e. The third-order valence-corrected chi connectivity index (χ3v) is 5.13. The summed E-state index contributed by atoms with van der Waals surface area (Å²) in [7, 11) is 0. The largest absolute Gasteiger partial charge is 0.325 e. The van der Waals surface area contributed by atoms with Gasteiger partial charge in [0.2, 0.25) is 0 Å². The van der Waals surface area contributed by atoms with Crippen LogP contribution in [-0.2, 0) is 0 Å². The number of hydrogen-bond acceptors (Lipinski definition) is 6. The Balaban J connectivity index is 2.13. The van der Waals surface area contributed by atoms with Crippen LogP contribution in [0.3, 0.4) is 0 Å². The van der Waals surface area contributed by atoms with Crippen LogP contribution in [0.4, 0.5) is 0 Å². The minimum absolute atomic E-state index is 0.293. The van der Waals surface area contributed by atoms with Crippen molar-refractivity contribution in [2.75, 3.05) is 0 Å². The van der Waals surface area contributed by atoms with E-state index in [1.165, 1.54) is 0 Å². The zero-order valence-corrected chi connectivity index (χ0v) is 13.4. The summed E-state index contributed by atoms with van der Waals surface area (Å²) < 4.78 is 0.293. The fraction of sp³-hybridized carbons (Fsp3) is 0. The Kier molecular flexibility index (Phi) is 3.21. The lowest BCUT2D eigenvalue weighted by atomic mass is 10.2. The van der Waals surface area contributed by atoms with E-state index in [0.717, 1.165) is 21.1 Å². The summed E-state index contributed by atoms with van der Waals surface area (Å²) in [5.41, 5.74) is 2.04. The zero-order valence-electron chi connectivity index (χ0n) is 11.0. The molecule has 0 radical (unpaired) electrons. The highest BCUT2D eigenvalue weighted by Gasteiger charge is 2.15. The average Bonchev–Trinajstić information content (AvgIpc) is 3.19. The molecule has 0 spiro atoms. The molecule has 0 aliphatic rings. The number of aromatic nitrogens is 4. The van der Waals surface area contributed by atoms with Crippen molar-refractivity contribution in [3.8, 4) is 21.1 Å². The lowest BCUT2D eigenvalue weighted by Crippen LogP contribution is -2.12. The van der Waals surface area contributed by atoms with Crippen molar-refractivity contribution in [2.24, 2.45) is 0 Å². The maximum absolute atomic E-state index is 11.6. The summed E-state index contributed by atoms with van der Waals surface area (Å²) in [6.07, 6.45) is 0. The van der Waals surface area contributed by atoms with Gasteiger partial charge in [-0.1, -0.05) is 24.4 Å². The van der Waals surface area contributed by atoms with Crippen molar-refractivity contribution >= 4 is 46.1 Å². The predicted octanol–water partition coefficient (Wildman–Crippen LogP) is 3.83. The summed E-state index contributed by atoms with van der Waals surface area (Å²) in [5, 5.41) is 3.98. The van der Waals surface area contributed by atoms with Gasteiger partial charge in [0.05, 0.1) is 9.75 Å². The van der Waals surface area contributed by atoms with Crippen molar-refractivity contribution in [3.63, 3.8) is 0 Å². The monoisotopic (exact) mass is 344 g/mol. The van der Waals surface area contributed by atoms with Gasteiger partial charge in [0, 0.05) is 0 Å². The molecule has 0 bridgehead atoms. The van der Waals surface area contributed by atoms with E-state index in [0.29, 0.717) is 15.8 Å². The first-order chi connectivity index (χ1) is 10.7. The van der Waals surface area contributed by atoms with Crippen molar-refractivity contribution in [1.29, 1.82) is 0 Å². The Labute approximate surface area is 137 Å². The van der Waals surface area contributed by atoms with Crippen LogP contribution in [0.5, 0.6) is 0 Å². The molecular weight excluding hydrogens is 336 g/mol. The summed E-state index contributed by atoms with van der Waals surface area (Å²) in [4.78, 5) is 28.1. The number of thiophene rings is 2. The van der Waals surface area contributed by atoms with Gasteiger partial charge >= 0.3 is 5.69 Å². The van der Waals surface area contributed by atoms with E-state index in [-0.39, 0.29) is 5.69 Å². The van der Waals surface area contributed by atoms with Gasteiger partial charge in [0.25, 0.3) is 0 Å². The molecule has 4 aromatic rings. The molecule has 0 fully saturated rings. The Bertz CT molecular complexity index is 1060. The Morgan fingerprint density at radius 1 is 0.955 bits per heavy atom. The first kappa shape index (κ1) is 13.5. The maximum atomic E-state index is 11.6. The highest BCUT2D eigenvalue weighted by Crippen LogP contribution is 2.34. The number of fused-ring (bicyclic) bond motifs is 1. The standard InChI is InChI=1S/C14H8N4OS3/c19-14-17-12-11(13(20)18-14)15-9(7-3-1-5-21-7)10(16-12)8-4-2-6-22-8/h1-6H,(H2,16,17,18,19,20). The Morgan fingerprint density at radius 3 is 2.18 bits per heavy atom. The average molecular weight is 344 g/mol. The van der Waals surface area contributed by atoms with Gasteiger partial charge < -0.3 is 0 Å². The highest BCUT2D eigenvalue weighted by atomic mass is 32.1. The molecule has 8 heteroatoms. The number of aromatic amines is 2.